The maximum absolute atomic E-state index is 12.4. The van der Waals surface area contributed by atoms with Crippen LogP contribution >= 0.6 is 0 Å². The molecule has 9 heteroatoms. The summed E-state index contributed by atoms with van der Waals surface area (Å²) in [4.78, 5) is 21.7. The number of sulfonamides is 1. The SMILES string of the molecule is O=C(O)c1cccc(S(=O)(=O)N2CCNC(C(=O)O)C2)c1. The second-order valence-electron chi connectivity index (χ2n) is 4.54. The van der Waals surface area contributed by atoms with Gasteiger partial charge in [0.25, 0.3) is 0 Å². The van der Waals surface area contributed by atoms with Crippen molar-refractivity contribution in [3.8, 4) is 0 Å². The highest BCUT2D eigenvalue weighted by molar-refractivity contribution is 7.89. The fourth-order valence-electron chi connectivity index (χ4n) is 2.05. The quantitative estimate of drug-likeness (QED) is 0.680. The van der Waals surface area contributed by atoms with Crippen molar-refractivity contribution in [2.45, 2.75) is 10.9 Å². The Hall–Kier alpha value is -1.97. The van der Waals surface area contributed by atoms with Gasteiger partial charge < -0.3 is 15.5 Å². The fourth-order valence-corrected chi connectivity index (χ4v) is 3.55. The molecule has 3 N–H and O–H groups in total. The van der Waals surface area contributed by atoms with Gasteiger partial charge >= 0.3 is 11.9 Å². The largest absolute Gasteiger partial charge is 0.480 e. The molecular weight excluding hydrogens is 300 g/mol. The van der Waals surface area contributed by atoms with Gasteiger partial charge in [-0.05, 0) is 18.2 Å². The summed E-state index contributed by atoms with van der Waals surface area (Å²) < 4.78 is 25.9. The number of benzene rings is 1. The van der Waals surface area contributed by atoms with Crippen molar-refractivity contribution in [1.29, 1.82) is 0 Å². The number of carboxylic acid groups (broad SMARTS) is 2. The van der Waals surface area contributed by atoms with E-state index in [1.54, 1.807) is 0 Å². The van der Waals surface area contributed by atoms with Crippen LogP contribution in [-0.4, -0.2) is 60.6 Å². The highest BCUT2D eigenvalue weighted by Crippen LogP contribution is 2.18. The van der Waals surface area contributed by atoms with Crippen LogP contribution in [0.3, 0.4) is 0 Å². The Morgan fingerprint density at radius 2 is 2.00 bits per heavy atom. The lowest BCUT2D eigenvalue weighted by Gasteiger charge is -2.30. The Kier molecular flexibility index (Phi) is 4.26. The van der Waals surface area contributed by atoms with Crippen LogP contribution in [-0.2, 0) is 14.8 Å². The van der Waals surface area contributed by atoms with E-state index in [1.807, 2.05) is 0 Å². The summed E-state index contributed by atoms with van der Waals surface area (Å²) in [6, 6.07) is 4.01. The second-order valence-corrected chi connectivity index (χ2v) is 6.48. The number of piperazine rings is 1. The average molecular weight is 314 g/mol. The topological polar surface area (TPSA) is 124 Å². The Bertz CT molecular complexity index is 672. The van der Waals surface area contributed by atoms with Gasteiger partial charge in [0.15, 0.2) is 0 Å². The zero-order chi connectivity index (χ0) is 15.6. The van der Waals surface area contributed by atoms with Crippen LogP contribution in [0, 0.1) is 0 Å². The van der Waals surface area contributed by atoms with Crippen molar-refractivity contribution in [1.82, 2.24) is 9.62 Å². The number of hydrogen-bond donors (Lipinski definition) is 3. The summed E-state index contributed by atoms with van der Waals surface area (Å²) in [6.07, 6.45) is 0. The minimum atomic E-state index is -3.92. The molecular formula is C12H14N2O6S. The molecule has 0 aromatic heterocycles. The lowest BCUT2D eigenvalue weighted by molar-refractivity contribution is -0.140. The molecule has 21 heavy (non-hydrogen) atoms. The van der Waals surface area contributed by atoms with Gasteiger partial charge in [-0.3, -0.25) is 4.79 Å². The van der Waals surface area contributed by atoms with Gasteiger partial charge in [-0.15, -0.1) is 0 Å². The van der Waals surface area contributed by atoms with Crippen molar-refractivity contribution in [2.75, 3.05) is 19.6 Å². The van der Waals surface area contributed by atoms with E-state index in [9.17, 15) is 18.0 Å². The Morgan fingerprint density at radius 3 is 2.62 bits per heavy atom. The number of nitrogens with one attached hydrogen (secondary N) is 1. The number of carbonyl (C=O) groups is 2. The third-order valence-corrected chi connectivity index (χ3v) is 5.02. The van der Waals surface area contributed by atoms with Crippen LogP contribution in [0.5, 0.6) is 0 Å². The second kappa shape index (κ2) is 5.80. The van der Waals surface area contributed by atoms with Gasteiger partial charge in [0, 0.05) is 19.6 Å². The van der Waals surface area contributed by atoms with E-state index < -0.39 is 28.0 Å². The minimum absolute atomic E-state index is 0.128. The predicted octanol–water partition coefficient (Wildman–Crippen LogP) is -0.568. The van der Waals surface area contributed by atoms with E-state index in [1.165, 1.54) is 18.2 Å². The fraction of sp³-hybridized carbons (Fsp3) is 0.333. The van der Waals surface area contributed by atoms with Gasteiger partial charge in [0.1, 0.15) is 6.04 Å². The standard InChI is InChI=1S/C12H14N2O6S/c15-11(16)8-2-1-3-9(6-8)21(19,20)14-5-4-13-10(7-14)12(17)18/h1-3,6,10,13H,4-5,7H2,(H,15,16)(H,17,18). The summed E-state index contributed by atoms with van der Waals surface area (Å²) in [5.74, 6) is -2.36. The van der Waals surface area contributed by atoms with Gasteiger partial charge in [-0.25, -0.2) is 13.2 Å². The molecule has 0 saturated carbocycles. The molecule has 0 radical (unpaired) electrons. The predicted molar refractivity (Wildman–Crippen MR) is 71.6 cm³/mol. The molecule has 1 aliphatic rings. The van der Waals surface area contributed by atoms with Gasteiger partial charge in [-0.1, -0.05) is 6.07 Å². The van der Waals surface area contributed by atoms with Crippen molar-refractivity contribution < 1.29 is 28.2 Å². The van der Waals surface area contributed by atoms with E-state index in [0.717, 1.165) is 10.4 Å². The van der Waals surface area contributed by atoms with E-state index in [4.69, 9.17) is 10.2 Å². The molecule has 0 spiro atoms. The summed E-state index contributed by atoms with van der Waals surface area (Å²) in [7, 11) is -3.92. The Labute approximate surface area is 121 Å². The summed E-state index contributed by atoms with van der Waals surface area (Å²) in [5.41, 5.74) is -0.138. The van der Waals surface area contributed by atoms with Crippen LogP contribution in [0.25, 0.3) is 0 Å². The first kappa shape index (κ1) is 15.4. The van der Waals surface area contributed by atoms with E-state index >= 15 is 0 Å². The normalized spacial score (nSPS) is 20.1. The first-order valence-electron chi connectivity index (χ1n) is 6.12. The highest BCUT2D eigenvalue weighted by atomic mass is 32.2. The van der Waals surface area contributed by atoms with E-state index in [2.05, 4.69) is 5.32 Å². The molecule has 1 fully saturated rings. The molecule has 2 rings (SSSR count). The molecule has 1 atom stereocenters. The van der Waals surface area contributed by atoms with Crippen molar-refractivity contribution in [3.63, 3.8) is 0 Å². The molecule has 0 bridgehead atoms. The lowest BCUT2D eigenvalue weighted by Crippen LogP contribution is -2.55. The average Bonchev–Trinajstić information content (AvgIpc) is 2.47. The first-order chi connectivity index (χ1) is 9.82. The van der Waals surface area contributed by atoms with E-state index in [-0.39, 0.29) is 30.1 Å². The molecule has 1 saturated heterocycles. The van der Waals surface area contributed by atoms with Crippen molar-refractivity contribution in [3.05, 3.63) is 29.8 Å². The molecule has 0 amide bonds. The third kappa shape index (κ3) is 3.20. The van der Waals surface area contributed by atoms with Crippen LogP contribution in [0.4, 0.5) is 0 Å². The Balaban J connectivity index is 2.31. The molecule has 8 nitrogen and oxygen atoms in total. The lowest BCUT2D eigenvalue weighted by atomic mass is 10.2. The summed E-state index contributed by atoms with van der Waals surface area (Å²) in [6.45, 7) is 0.146. The minimum Gasteiger partial charge on any atom is -0.480 e. The number of aliphatic carboxylic acids is 1. The molecule has 0 aliphatic carbocycles. The van der Waals surface area contributed by atoms with Crippen LogP contribution in [0.1, 0.15) is 10.4 Å². The Morgan fingerprint density at radius 1 is 1.29 bits per heavy atom. The number of nitrogens with zero attached hydrogens (tertiary/aromatic N) is 1. The first-order valence-corrected chi connectivity index (χ1v) is 7.56. The van der Waals surface area contributed by atoms with Gasteiger partial charge in [-0.2, -0.15) is 4.31 Å². The van der Waals surface area contributed by atoms with Crippen molar-refractivity contribution >= 4 is 22.0 Å². The number of carboxylic acids is 2. The maximum atomic E-state index is 12.4. The van der Waals surface area contributed by atoms with Gasteiger partial charge in [0.05, 0.1) is 10.5 Å². The number of aromatic carboxylic acids is 1. The molecule has 1 heterocycles. The van der Waals surface area contributed by atoms with E-state index in [0.29, 0.717) is 0 Å². The van der Waals surface area contributed by atoms with Gasteiger partial charge in [0.2, 0.25) is 10.0 Å². The maximum Gasteiger partial charge on any atom is 0.335 e. The van der Waals surface area contributed by atoms with Crippen LogP contribution in [0.2, 0.25) is 0 Å². The molecule has 1 unspecified atom stereocenters. The molecule has 1 aromatic carbocycles. The molecule has 1 aliphatic heterocycles. The number of rotatable bonds is 4. The monoisotopic (exact) mass is 314 g/mol. The number of hydrogen-bond acceptors (Lipinski definition) is 5. The van der Waals surface area contributed by atoms with Crippen LogP contribution < -0.4 is 5.32 Å². The summed E-state index contributed by atoms with van der Waals surface area (Å²) >= 11 is 0. The molecule has 114 valence electrons. The molecule has 1 aromatic rings. The highest BCUT2D eigenvalue weighted by Gasteiger charge is 2.33. The summed E-state index contributed by atoms with van der Waals surface area (Å²) in [5, 5.41) is 20.6. The third-order valence-electron chi connectivity index (χ3n) is 3.16. The van der Waals surface area contributed by atoms with Crippen LogP contribution in [0.15, 0.2) is 29.2 Å². The smallest absolute Gasteiger partial charge is 0.335 e. The zero-order valence-corrected chi connectivity index (χ0v) is 11.7. The zero-order valence-electron chi connectivity index (χ0n) is 10.9. The van der Waals surface area contributed by atoms with Crippen molar-refractivity contribution in [2.24, 2.45) is 0 Å².